The van der Waals surface area contributed by atoms with Crippen molar-refractivity contribution in [2.24, 2.45) is 5.10 Å². The van der Waals surface area contributed by atoms with Crippen LogP contribution < -0.4 is 10.2 Å². The second-order valence-electron chi connectivity index (χ2n) is 7.42. The first kappa shape index (κ1) is 24.1. The lowest BCUT2D eigenvalue weighted by molar-refractivity contribution is -0.145. The van der Waals surface area contributed by atoms with Gasteiger partial charge in [0.2, 0.25) is 0 Å². The van der Waals surface area contributed by atoms with Crippen molar-refractivity contribution in [1.29, 1.82) is 0 Å². The smallest absolute Gasteiger partial charge is 0.344 e. The molecule has 0 bridgehead atoms. The maximum Gasteiger partial charge on any atom is 0.344 e. The number of hydrazone groups is 1. The molecule has 0 aliphatic heterocycles. The number of rotatable bonds is 8. The van der Waals surface area contributed by atoms with Gasteiger partial charge in [0.25, 0.3) is 5.91 Å². The Morgan fingerprint density at radius 2 is 1.80 bits per heavy atom. The van der Waals surface area contributed by atoms with Crippen molar-refractivity contribution in [1.82, 2.24) is 10.4 Å². The van der Waals surface area contributed by atoms with Crippen molar-refractivity contribution >= 4 is 44.9 Å². The van der Waals surface area contributed by atoms with Crippen molar-refractivity contribution < 1.29 is 19.1 Å². The number of ether oxygens (including phenoxy) is 2. The van der Waals surface area contributed by atoms with Crippen molar-refractivity contribution in [2.75, 3.05) is 13.2 Å². The number of pyridine rings is 1. The molecule has 0 saturated carbocycles. The summed E-state index contributed by atoms with van der Waals surface area (Å²) in [6.07, 6.45) is 1.53. The molecule has 4 rings (SSSR count). The molecule has 0 fully saturated rings. The Hall–Kier alpha value is -4.04. The maximum absolute atomic E-state index is 13.0. The van der Waals surface area contributed by atoms with Crippen LogP contribution in [0.4, 0.5) is 0 Å². The lowest BCUT2D eigenvalue weighted by Crippen LogP contribution is -2.18. The second-order valence-corrected chi connectivity index (χ2v) is 8.28. The molecule has 8 heteroatoms. The number of hydrogen-bond acceptors (Lipinski definition) is 6. The standard InChI is InChI=1S/C27H22BrN3O4/c1-2-34-26(32)17-35-25-13-12-18(14-22(25)28)16-29-31-27(33)21-15-24(19-8-4-3-5-9-19)30-23-11-7-6-10-20(21)23/h3-16H,2,17H2,1H3,(H,31,33)/b29-16+. The number of benzene rings is 3. The van der Waals surface area contributed by atoms with Crippen LogP contribution in [0.5, 0.6) is 5.75 Å². The topological polar surface area (TPSA) is 89.9 Å². The van der Waals surface area contributed by atoms with Gasteiger partial charge in [0.1, 0.15) is 5.75 Å². The van der Waals surface area contributed by atoms with E-state index < -0.39 is 5.97 Å². The van der Waals surface area contributed by atoms with Gasteiger partial charge < -0.3 is 9.47 Å². The van der Waals surface area contributed by atoms with E-state index >= 15 is 0 Å². The van der Waals surface area contributed by atoms with Gasteiger partial charge in [-0.15, -0.1) is 0 Å². The number of fused-ring (bicyclic) bond motifs is 1. The summed E-state index contributed by atoms with van der Waals surface area (Å²) in [7, 11) is 0. The lowest BCUT2D eigenvalue weighted by Gasteiger charge is -2.09. The molecule has 7 nitrogen and oxygen atoms in total. The average molecular weight is 532 g/mol. The van der Waals surface area contributed by atoms with Crippen LogP contribution in [-0.4, -0.2) is 36.3 Å². The first-order valence-corrected chi connectivity index (χ1v) is 11.7. The van der Waals surface area contributed by atoms with E-state index in [1.807, 2.05) is 54.6 Å². The quantitative estimate of drug-likeness (QED) is 0.187. The Kier molecular flexibility index (Phi) is 7.84. The predicted molar refractivity (Wildman–Crippen MR) is 139 cm³/mol. The number of para-hydroxylation sites is 1. The number of esters is 1. The van der Waals surface area contributed by atoms with Gasteiger partial charge in [-0.3, -0.25) is 4.79 Å². The number of amides is 1. The van der Waals surface area contributed by atoms with Gasteiger partial charge in [-0.1, -0.05) is 48.5 Å². The van der Waals surface area contributed by atoms with Gasteiger partial charge in [-0.05, 0) is 58.7 Å². The highest BCUT2D eigenvalue weighted by Crippen LogP contribution is 2.26. The summed E-state index contributed by atoms with van der Waals surface area (Å²) < 4.78 is 11.0. The van der Waals surface area contributed by atoms with Crippen molar-refractivity contribution in [2.45, 2.75) is 6.92 Å². The van der Waals surface area contributed by atoms with Gasteiger partial charge in [-0.25, -0.2) is 15.2 Å². The Bertz CT molecular complexity index is 1390. The van der Waals surface area contributed by atoms with Crippen molar-refractivity contribution in [3.63, 3.8) is 0 Å². The third-order valence-electron chi connectivity index (χ3n) is 5.02. The third kappa shape index (κ3) is 6.10. The van der Waals surface area contributed by atoms with Crippen molar-refractivity contribution in [3.05, 3.63) is 94.5 Å². The number of nitrogens with zero attached hydrogens (tertiary/aromatic N) is 2. The number of carbonyl (C=O) groups excluding carboxylic acids is 2. The molecule has 0 radical (unpaired) electrons. The molecular weight excluding hydrogens is 510 g/mol. The second kappa shape index (κ2) is 11.4. The van der Waals surface area contributed by atoms with E-state index in [0.29, 0.717) is 28.1 Å². The molecule has 0 aliphatic carbocycles. The average Bonchev–Trinajstić information content (AvgIpc) is 2.88. The molecular formula is C27H22BrN3O4. The number of aromatic nitrogens is 1. The van der Waals surface area contributed by atoms with Crippen LogP contribution in [-0.2, 0) is 9.53 Å². The van der Waals surface area contributed by atoms with Crippen molar-refractivity contribution in [3.8, 4) is 17.0 Å². The number of nitrogens with one attached hydrogen (secondary N) is 1. The lowest BCUT2D eigenvalue weighted by atomic mass is 10.0. The Morgan fingerprint density at radius 3 is 2.57 bits per heavy atom. The van der Waals surface area contributed by atoms with Gasteiger partial charge in [0.05, 0.1) is 34.1 Å². The molecule has 0 saturated heterocycles. The minimum Gasteiger partial charge on any atom is -0.481 e. The molecule has 1 amide bonds. The van der Waals surface area contributed by atoms with Crippen LogP contribution in [0.15, 0.2) is 88.4 Å². The fourth-order valence-electron chi connectivity index (χ4n) is 3.40. The van der Waals surface area contributed by atoms with Gasteiger partial charge in [0.15, 0.2) is 6.61 Å². The summed E-state index contributed by atoms with van der Waals surface area (Å²) >= 11 is 3.42. The van der Waals surface area contributed by atoms with E-state index in [0.717, 1.165) is 22.0 Å². The zero-order chi connectivity index (χ0) is 24.6. The third-order valence-corrected chi connectivity index (χ3v) is 5.64. The summed E-state index contributed by atoms with van der Waals surface area (Å²) in [4.78, 5) is 29.2. The van der Waals surface area contributed by atoms with Crippen LogP contribution in [0.3, 0.4) is 0 Å². The number of hydrogen-bond donors (Lipinski definition) is 1. The summed E-state index contributed by atoms with van der Waals surface area (Å²) in [6, 6.07) is 24.2. The van der Waals surface area contributed by atoms with Gasteiger partial charge in [-0.2, -0.15) is 5.10 Å². The normalized spacial score (nSPS) is 10.9. The van der Waals surface area contributed by atoms with Crippen LogP contribution in [0.25, 0.3) is 22.2 Å². The van der Waals surface area contributed by atoms with E-state index in [4.69, 9.17) is 14.5 Å². The molecule has 3 aromatic carbocycles. The largest absolute Gasteiger partial charge is 0.481 e. The van der Waals surface area contributed by atoms with E-state index in [-0.39, 0.29) is 12.5 Å². The number of carbonyl (C=O) groups is 2. The molecule has 176 valence electrons. The first-order chi connectivity index (χ1) is 17.0. The highest BCUT2D eigenvalue weighted by Gasteiger charge is 2.13. The highest BCUT2D eigenvalue weighted by molar-refractivity contribution is 9.10. The molecule has 0 atom stereocenters. The Labute approximate surface area is 210 Å². The summed E-state index contributed by atoms with van der Waals surface area (Å²) in [5.74, 6) is -0.284. The molecule has 1 N–H and O–H groups in total. The molecule has 35 heavy (non-hydrogen) atoms. The van der Waals surface area contributed by atoms with Gasteiger partial charge in [0, 0.05) is 10.9 Å². The molecule has 4 aromatic rings. The monoisotopic (exact) mass is 531 g/mol. The zero-order valence-electron chi connectivity index (χ0n) is 18.9. The van der Waals surface area contributed by atoms with E-state index in [9.17, 15) is 9.59 Å². The zero-order valence-corrected chi connectivity index (χ0v) is 20.5. The SMILES string of the molecule is CCOC(=O)COc1ccc(/C=N/NC(=O)c2cc(-c3ccccc3)nc3ccccc23)cc1Br. The molecule has 0 unspecified atom stereocenters. The fraction of sp³-hybridized carbons (Fsp3) is 0.111. The summed E-state index contributed by atoms with van der Waals surface area (Å²) in [5.41, 5.74) is 6.17. The van der Waals surface area contributed by atoms with Crippen LogP contribution in [0, 0.1) is 0 Å². The van der Waals surface area contributed by atoms with Crippen LogP contribution in [0.2, 0.25) is 0 Å². The predicted octanol–water partition coefficient (Wildman–Crippen LogP) is 5.37. The number of halogens is 1. The Balaban J connectivity index is 1.49. The molecule has 0 spiro atoms. The van der Waals surface area contributed by atoms with Crippen LogP contribution in [0.1, 0.15) is 22.8 Å². The maximum atomic E-state index is 13.0. The summed E-state index contributed by atoms with van der Waals surface area (Å²) in [5, 5.41) is 4.86. The molecule has 1 heterocycles. The molecule has 1 aromatic heterocycles. The van der Waals surface area contributed by atoms with E-state index in [1.165, 1.54) is 6.21 Å². The van der Waals surface area contributed by atoms with E-state index in [1.54, 1.807) is 31.2 Å². The van der Waals surface area contributed by atoms with Crippen LogP contribution >= 0.6 is 15.9 Å². The highest BCUT2D eigenvalue weighted by atomic mass is 79.9. The summed E-state index contributed by atoms with van der Waals surface area (Å²) in [6.45, 7) is 1.86. The molecule has 0 aliphatic rings. The minimum atomic E-state index is -0.438. The minimum absolute atomic E-state index is 0.180. The van der Waals surface area contributed by atoms with Gasteiger partial charge >= 0.3 is 5.97 Å². The van der Waals surface area contributed by atoms with E-state index in [2.05, 4.69) is 26.5 Å². The fourth-order valence-corrected chi connectivity index (χ4v) is 3.91. The Morgan fingerprint density at radius 1 is 1.03 bits per heavy atom. The first-order valence-electron chi connectivity index (χ1n) is 10.9.